The van der Waals surface area contributed by atoms with Crippen molar-refractivity contribution >= 4 is 0 Å². The standard InChI is InChI=1S/C21H34/c1-3-5-7-19-10-14-21(15-11-19)17-16-20-12-8-18(6-4-2)9-13-20/h8-9,12-13,19,21H,3-7,10-11,14-17H2,1-2H3/t19-,21-. The van der Waals surface area contributed by atoms with E-state index in [0.29, 0.717) is 0 Å². The van der Waals surface area contributed by atoms with Gasteiger partial charge in [-0.05, 0) is 42.2 Å². The highest BCUT2D eigenvalue weighted by molar-refractivity contribution is 5.22. The second-order valence-electron chi connectivity index (χ2n) is 7.13. The molecule has 0 N–H and O–H groups in total. The largest absolute Gasteiger partial charge is 0.0654 e. The maximum Gasteiger partial charge on any atom is -0.0276 e. The summed E-state index contributed by atoms with van der Waals surface area (Å²) >= 11 is 0. The lowest BCUT2D eigenvalue weighted by atomic mass is 9.78. The molecule has 0 bridgehead atoms. The van der Waals surface area contributed by atoms with E-state index in [1.54, 1.807) is 5.56 Å². The van der Waals surface area contributed by atoms with Gasteiger partial charge in [-0.3, -0.25) is 0 Å². The van der Waals surface area contributed by atoms with Crippen LogP contribution in [0.5, 0.6) is 0 Å². The summed E-state index contributed by atoms with van der Waals surface area (Å²) in [4.78, 5) is 0. The number of benzene rings is 1. The fourth-order valence-electron chi connectivity index (χ4n) is 3.83. The molecule has 0 nitrogen and oxygen atoms in total. The van der Waals surface area contributed by atoms with E-state index in [0.717, 1.165) is 11.8 Å². The lowest BCUT2D eigenvalue weighted by Gasteiger charge is -2.28. The first-order valence-corrected chi connectivity index (χ1v) is 9.39. The van der Waals surface area contributed by atoms with Gasteiger partial charge in [0.05, 0.1) is 0 Å². The molecule has 0 amide bonds. The summed E-state index contributed by atoms with van der Waals surface area (Å²) in [7, 11) is 0. The highest BCUT2D eigenvalue weighted by atomic mass is 14.3. The highest BCUT2D eigenvalue weighted by Gasteiger charge is 2.20. The second kappa shape index (κ2) is 9.28. The molecular formula is C21H34. The van der Waals surface area contributed by atoms with E-state index >= 15 is 0 Å². The van der Waals surface area contributed by atoms with E-state index in [1.165, 1.54) is 76.2 Å². The predicted octanol–water partition coefficient (Wildman–Crippen LogP) is 6.57. The Morgan fingerprint density at radius 1 is 0.714 bits per heavy atom. The summed E-state index contributed by atoms with van der Waals surface area (Å²) in [5, 5.41) is 0. The van der Waals surface area contributed by atoms with Crippen LogP contribution in [0.2, 0.25) is 0 Å². The van der Waals surface area contributed by atoms with Crippen LogP contribution < -0.4 is 0 Å². The molecule has 2 rings (SSSR count). The number of hydrogen-bond donors (Lipinski definition) is 0. The van der Waals surface area contributed by atoms with Gasteiger partial charge in [0, 0.05) is 0 Å². The molecule has 0 atom stereocenters. The zero-order valence-electron chi connectivity index (χ0n) is 14.2. The number of rotatable bonds is 8. The van der Waals surface area contributed by atoms with Gasteiger partial charge in [-0.2, -0.15) is 0 Å². The van der Waals surface area contributed by atoms with Crippen LogP contribution in [0.4, 0.5) is 0 Å². The van der Waals surface area contributed by atoms with Crippen LogP contribution in [-0.2, 0) is 12.8 Å². The zero-order valence-corrected chi connectivity index (χ0v) is 14.2. The topological polar surface area (TPSA) is 0 Å². The molecule has 118 valence electrons. The van der Waals surface area contributed by atoms with Crippen molar-refractivity contribution in [3.63, 3.8) is 0 Å². The summed E-state index contributed by atoms with van der Waals surface area (Å²) < 4.78 is 0. The van der Waals surface area contributed by atoms with Crippen LogP contribution in [0.25, 0.3) is 0 Å². The predicted molar refractivity (Wildman–Crippen MR) is 93.7 cm³/mol. The Labute approximate surface area is 132 Å². The normalized spacial score (nSPS) is 22.4. The average molecular weight is 287 g/mol. The van der Waals surface area contributed by atoms with Gasteiger partial charge in [0.2, 0.25) is 0 Å². The number of aryl methyl sites for hydroxylation is 2. The van der Waals surface area contributed by atoms with E-state index in [-0.39, 0.29) is 0 Å². The van der Waals surface area contributed by atoms with Crippen LogP contribution in [0.3, 0.4) is 0 Å². The highest BCUT2D eigenvalue weighted by Crippen LogP contribution is 2.34. The minimum absolute atomic E-state index is 0.998. The molecule has 1 aliphatic carbocycles. The van der Waals surface area contributed by atoms with Crippen molar-refractivity contribution in [3.05, 3.63) is 35.4 Å². The Kier molecular flexibility index (Phi) is 7.33. The Morgan fingerprint density at radius 2 is 1.24 bits per heavy atom. The Balaban J connectivity index is 1.67. The summed E-state index contributed by atoms with van der Waals surface area (Å²) in [5.41, 5.74) is 3.04. The molecule has 0 heteroatoms. The molecule has 0 spiro atoms. The van der Waals surface area contributed by atoms with Gasteiger partial charge < -0.3 is 0 Å². The molecular weight excluding hydrogens is 252 g/mol. The minimum atomic E-state index is 0.998. The molecule has 21 heavy (non-hydrogen) atoms. The van der Waals surface area contributed by atoms with Crippen LogP contribution in [0.1, 0.15) is 82.8 Å². The lowest BCUT2D eigenvalue weighted by molar-refractivity contribution is 0.250. The molecule has 0 aromatic heterocycles. The Bertz CT molecular complexity index is 368. The first-order valence-electron chi connectivity index (χ1n) is 9.39. The monoisotopic (exact) mass is 286 g/mol. The van der Waals surface area contributed by atoms with Crippen molar-refractivity contribution in [2.75, 3.05) is 0 Å². The Morgan fingerprint density at radius 3 is 1.76 bits per heavy atom. The van der Waals surface area contributed by atoms with Crippen LogP contribution in [-0.4, -0.2) is 0 Å². The van der Waals surface area contributed by atoms with Gasteiger partial charge >= 0.3 is 0 Å². The number of unbranched alkanes of at least 4 members (excludes halogenated alkanes) is 1. The van der Waals surface area contributed by atoms with E-state index in [4.69, 9.17) is 0 Å². The molecule has 0 aliphatic heterocycles. The fourth-order valence-corrected chi connectivity index (χ4v) is 3.83. The van der Waals surface area contributed by atoms with Crippen molar-refractivity contribution in [1.29, 1.82) is 0 Å². The van der Waals surface area contributed by atoms with Crippen LogP contribution >= 0.6 is 0 Å². The third-order valence-electron chi connectivity index (χ3n) is 5.34. The Hall–Kier alpha value is -0.780. The molecule has 1 aromatic carbocycles. The van der Waals surface area contributed by atoms with Crippen molar-refractivity contribution in [3.8, 4) is 0 Å². The molecule has 0 radical (unpaired) electrons. The second-order valence-corrected chi connectivity index (χ2v) is 7.13. The van der Waals surface area contributed by atoms with Crippen molar-refractivity contribution in [1.82, 2.24) is 0 Å². The lowest BCUT2D eigenvalue weighted by Crippen LogP contribution is -2.15. The van der Waals surface area contributed by atoms with Gasteiger partial charge in [-0.15, -0.1) is 0 Å². The van der Waals surface area contributed by atoms with Crippen molar-refractivity contribution < 1.29 is 0 Å². The molecule has 1 fully saturated rings. The summed E-state index contributed by atoms with van der Waals surface area (Å²) in [6.07, 6.45) is 15.5. The van der Waals surface area contributed by atoms with E-state index < -0.39 is 0 Å². The van der Waals surface area contributed by atoms with Gasteiger partial charge in [0.15, 0.2) is 0 Å². The molecule has 0 unspecified atom stereocenters. The first kappa shape index (κ1) is 16.6. The van der Waals surface area contributed by atoms with Crippen molar-refractivity contribution in [2.24, 2.45) is 11.8 Å². The molecule has 0 saturated heterocycles. The molecule has 1 aliphatic rings. The van der Waals surface area contributed by atoms with Gasteiger partial charge in [0.25, 0.3) is 0 Å². The molecule has 0 heterocycles. The third kappa shape index (κ3) is 5.85. The van der Waals surface area contributed by atoms with Gasteiger partial charge in [-0.25, -0.2) is 0 Å². The van der Waals surface area contributed by atoms with E-state index in [9.17, 15) is 0 Å². The summed E-state index contributed by atoms with van der Waals surface area (Å²) in [6.45, 7) is 4.57. The fraction of sp³-hybridized carbons (Fsp3) is 0.714. The van der Waals surface area contributed by atoms with Crippen molar-refractivity contribution in [2.45, 2.75) is 84.5 Å². The smallest absolute Gasteiger partial charge is 0.0276 e. The first-order chi connectivity index (χ1) is 10.3. The van der Waals surface area contributed by atoms with Gasteiger partial charge in [-0.1, -0.05) is 89.5 Å². The van der Waals surface area contributed by atoms with E-state index in [2.05, 4.69) is 38.1 Å². The third-order valence-corrected chi connectivity index (χ3v) is 5.34. The summed E-state index contributed by atoms with van der Waals surface area (Å²) in [6, 6.07) is 9.39. The maximum absolute atomic E-state index is 2.36. The van der Waals surface area contributed by atoms with Crippen LogP contribution in [0, 0.1) is 11.8 Å². The van der Waals surface area contributed by atoms with Gasteiger partial charge in [0.1, 0.15) is 0 Å². The average Bonchev–Trinajstić information content (AvgIpc) is 2.53. The summed E-state index contributed by atoms with van der Waals surface area (Å²) in [5.74, 6) is 2.05. The molecule has 1 aromatic rings. The van der Waals surface area contributed by atoms with Crippen LogP contribution in [0.15, 0.2) is 24.3 Å². The molecule has 1 saturated carbocycles. The quantitative estimate of drug-likeness (QED) is 0.507. The maximum atomic E-state index is 2.36. The zero-order chi connectivity index (χ0) is 14.9. The SMILES string of the molecule is CCCC[C@H]1CC[C@H](CCc2ccc(CCC)cc2)CC1. The van der Waals surface area contributed by atoms with E-state index in [1.807, 2.05) is 0 Å². The number of hydrogen-bond acceptors (Lipinski definition) is 0. The minimum Gasteiger partial charge on any atom is -0.0654 e.